The number of ether oxygens (including phenoxy) is 2. The second-order valence-corrected chi connectivity index (χ2v) is 8.56. The molecule has 32 heavy (non-hydrogen) atoms. The molecule has 1 atom stereocenters. The van der Waals surface area contributed by atoms with Crippen LogP contribution in [0.1, 0.15) is 45.1 Å². The van der Waals surface area contributed by atoms with E-state index in [1.165, 1.54) is 11.3 Å². The number of hydrogen-bond donors (Lipinski definition) is 0. The molecule has 1 aliphatic rings. The molecule has 0 aliphatic carbocycles. The molecule has 3 aromatic rings. The van der Waals surface area contributed by atoms with Crippen molar-refractivity contribution in [3.63, 3.8) is 0 Å². The van der Waals surface area contributed by atoms with Crippen LogP contribution in [-0.4, -0.2) is 23.2 Å². The van der Waals surface area contributed by atoms with E-state index in [2.05, 4.69) is 4.99 Å². The van der Waals surface area contributed by atoms with Gasteiger partial charge in [0.25, 0.3) is 5.56 Å². The number of thiazole rings is 1. The summed E-state index contributed by atoms with van der Waals surface area (Å²) in [5, 5.41) is 0. The van der Waals surface area contributed by atoms with E-state index >= 15 is 0 Å². The molecule has 1 unspecified atom stereocenters. The smallest absolute Gasteiger partial charge is 0.338 e. The first kappa shape index (κ1) is 21.8. The van der Waals surface area contributed by atoms with Crippen LogP contribution in [0.5, 0.6) is 5.75 Å². The number of furan rings is 1. The summed E-state index contributed by atoms with van der Waals surface area (Å²) >= 11 is 1.26. The second kappa shape index (κ2) is 9.00. The highest BCUT2D eigenvalue weighted by Gasteiger charge is 2.33. The molecule has 0 bridgehead atoms. The molecule has 3 heterocycles. The van der Waals surface area contributed by atoms with E-state index in [0.717, 1.165) is 5.56 Å². The lowest BCUT2D eigenvalue weighted by molar-refractivity contribution is -0.139. The van der Waals surface area contributed by atoms with Gasteiger partial charge in [0, 0.05) is 6.08 Å². The Balaban J connectivity index is 1.89. The van der Waals surface area contributed by atoms with E-state index in [0.29, 0.717) is 32.1 Å². The number of hydrogen-bond acceptors (Lipinski definition) is 7. The number of nitrogens with zero attached hydrogens (tertiary/aromatic N) is 2. The van der Waals surface area contributed by atoms with Crippen molar-refractivity contribution < 1.29 is 18.7 Å². The number of aromatic nitrogens is 1. The highest BCUT2D eigenvalue weighted by Crippen LogP contribution is 2.31. The monoisotopic (exact) mass is 452 g/mol. The van der Waals surface area contributed by atoms with Crippen molar-refractivity contribution in [3.05, 3.63) is 84.9 Å². The zero-order chi connectivity index (χ0) is 22.8. The fourth-order valence-corrected chi connectivity index (χ4v) is 4.64. The van der Waals surface area contributed by atoms with Crippen LogP contribution in [0.25, 0.3) is 6.08 Å². The topological polar surface area (TPSA) is 83.0 Å². The minimum absolute atomic E-state index is 0.0392. The number of fused-ring (bicyclic) bond motifs is 1. The SMILES string of the molecule is CCOC(=O)C1=C(C)N=c2s/c(=C\c3ccco3)c(=O)n2C1c1ccc(OC(C)C)cc1. The van der Waals surface area contributed by atoms with Crippen molar-refractivity contribution in [1.29, 1.82) is 0 Å². The fourth-order valence-electron chi connectivity index (χ4n) is 3.61. The molecular weight excluding hydrogens is 428 g/mol. The minimum Gasteiger partial charge on any atom is -0.491 e. The van der Waals surface area contributed by atoms with E-state index in [1.807, 2.05) is 38.1 Å². The lowest BCUT2D eigenvalue weighted by atomic mass is 9.96. The zero-order valence-corrected chi connectivity index (χ0v) is 19.1. The Labute approximate surface area is 188 Å². The van der Waals surface area contributed by atoms with Crippen LogP contribution < -0.4 is 19.6 Å². The highest BCUT2D eigenvalue weighted by atomic mass is 32.1. The largest absolute Gasteiger partial charge is 0.491 e. The van der Waals surface area contributed by atoms with Gasteiger partial charge in [-0.05, 0) is 57.5 Å². The van der Waals surface area contributed by atoms with E-state index in [4.69, 9.17) is 13.9 Å². The summed E-state index contributed by atoms with van der Waals surface area (Å²) in [6, 6.07) is 10.3. The molecule has 0 radical (unpaired) electrons. The van der Waals surface area contributed by atoms with Crippen LogP contribution in [0.2, 0.25) is 0 Å². The minimum atomic E-state index is -0.655. The van der Waals surface area contributed by atoms with Gasteiger partial charge in [-0.1, -0.05) is 23.5 Å². The van der Waals surface area contributed by atoms with E-state index in [1.54, 1.807) is 42.9 Å². The molecular formula is C24H24N2O5S. The van der Waals surface area contributed by atoms with Gasteiger partial charge < -0.3 is 13.9 Å². The van der Waals surface area contributed by atoms with E-state index in [9.17, 15) is 9.59 Å². The summed E-state index contributed by atoms with van der Waals surface area (Å²) in [6.07, 6.45) is 3.27. The van der Waals surface area contributed by atoms with Crippen LogP contribution in [0, 0.1) is 0 Å². The summed E-state index contributed by atoms with van der Waals surface area (Å²) in [6.45, 7) is 7.65. The molecule has 0 fully saturated rings. The first-order valence-corrected chi connectivity index (χ1v) is 11.2. The van der Waals surface area contributed by atoms with Gasteiger partial charge in [-0.25, -0.2) is 9.79 Å². The molecule has 166 valence electrons. The van der Waals surface area contributed by atoms with Crippen LogP contribution in [0.3, 0.4) is 0 Å². The van der Waals surface area contributed by atoms with Gasteiger partial charge in [0.1, 0.15) is 11.5 Å². The molecule has 0 amide bonds. The molecule has 1 aliphatic heterocycles. The molecule has 8 heteroatoms. The molecule has 7 nitrogen and oxygen atoms in total. The Morgan fingerprint density at radius 1 is 1.28 bits per heavy atom. The lowest BCUT2D eigenvalue weighted by Crippen LogP contribution is -2.39. The van der Waals surface area contributed by atoms with Gasteiger partial charge >= 0.3 is 5.97 Å². The van der Waals surface area contributed by atoms with Crippen molar-refractivity contribution in [2.75, 3.05) is 6.61 Å². The Kier molecular flexibility index (Phi) is 6.14. The third-order valence-electron chi connectivity index (χ3n) is 4.90. The van der Waals surface area contributed by atoms with Crippen molar-refractivity contribution in [2.45, 2.75) is 39.8 Å². The van der Waals surface area contributed by atoms with Crippen molar-refractivity contribution in [3.8, 4) is 5.75 Å². The molecule has 0 N–H and O–H groups in total. The predicted octanol–water partition coefficient (Wildman–Crippen LogP) is 3.18. The average Bonchev–Trinajstić information content (AvgIpc) is 3.36. The summed E-state index contributed by atoms with van der Waals surface area (Å²) in [5.74, 6) is 0.803. The normalized spacial score (nSPS) is 16.2. The highest BCUT2D eigenvalue weighted by molar-refractivity contribution is 7.07. The number of benzene rings is 1. The van der Waals surface area contributed by atoms with Gasteiger partial charge in [-0.3, -0.25) is 9.36 Å². The Hall–Kier alpha value is -3.39. The first-order chi connectivity index (χ1) is 15.4. The van der Waals surface area contributed by atoms with Crippen LogP contribution in [-0.2, 0) is 9.53 Å². The van der Waals surface area contributed by atoms with Gasteiger partial charge in [-0.2, -0.15) is 0 Å². The Bertz CT molecular complexity index is 1330. The van der Waals surface area contributed by atoms with Crippen LogP contribution in [0.15, 0.2) is 68.1 Å². The Morgan fingerprint density at radius 3 is 2.66 bits per heavy atom. The number of rotatable bonds is 6. The molecule has 0 saturated heterocycles. The third-order valence-corrected chi connectivity index (χ3v) is 5.88. The van der Waals surface area contributed by atoms with Gasteiger partial charge in [-0.15, -0.1) is 0 Å². The summed E-state index contributed by atoms with van der Waals surface area (Å²) in [4.78, 5) is 31.4. The summed E-state index contributed by atoms with van der Waals surface area (Å²) in [5.41, 5.74) is 1.40. The van der Waals surface area contributed by atoms with E-state index in [-0.39, 0.29) is 18.3 Å². The fraction of sp³-hybridized carbons (Fsp3) is 0.292. The standard InChI is InChI=1S/C24H24N2O5S/c1-5-29-23(28)20-15(4)25-24-26(22(27)19(32-24)13-18-7-6-12-30-18)21(20)16-8-10-17(11-9-16)31-14(2)3/h6-14,21H,5H2,1-4H3/b19-13-. The molecule has 2 aromatic heterocycles. The maximum absolute atomic E-state index is 13.4. The average molecular weight is 453 g/mol. The van der Waals surface area contributed by atoms with E-state index < -0.39 is 12.0 Å². The second-order valence-electron chi connectivity index (χ2n) is 7.55. The van der Waals surface area contributed by atoms with Crippen molar-refractivity contribution >= 4 is 23.4 Å². The first-order valence-electron chi connectivity index (χ1n) is 10.4. The van der Waals surface area contributed by atoms with Gasteiger partial charge in [0.15, 0.2) is 4.80 Å². The predicted molar refractivity (Wildman–Crippen MR) is 121 cm³/mol. The summed E-state index contributed by atoms with van der Waals surface area (Å²) in [7, 11) is 0. The van der Waals surface area contributed by atoms with Crippen molar-refractivity contribution in [1.82, 2.24) is 4.57 Å². The van der Waals surface area contributed by atoms with Crippen molar-refractivity contribution in [2.24, 2.45) is 4.99 Å². The Morgan fingerprint density at radius 2 is 2.03 bits per heavy atom. The van der Waals surface area contributed by atoms with Gasteiger partial charge in [0.05, 0.1) is 40.8 Å². The molecule has 4 rings (SSSR count). The number of esters is 1. The summed E-state index contributed by atoms with van der Waals surface area (Å²) < 4.78 is 18.4. The van der Waals surface area contributed by atoms with Crippen LogP contribution >= 0.6 is 11.3 Å². The van der Waals surface area contributed by atoms with Crippen LogP contribution in [0.4, 0.5) is 0 Å². The molecule has 1 aromatic carbocycles. The molecule has 0 spiro atoms. The number of carbonyl (C=O) groups excluding carboxylic acids is 1. The maximum atomic E-state index is 13.4. The number of carbonyl (C=O) groups is 1. The third kappa shape index (κ3) is 4.18. The molecule has 0 saturated carbocycles. The number of allylic oxidation sites excluding steroid dienone is 1. The zero-order valence-electron chi connectivity index (χ0n) is 18.3. The maximum Gasteiger partial charge on any atom is 0.338 e. The quantitative estimate of drug-likeness (QED) is 0.537. The lowest BCUT2D eigenvalue weighted by Gasteiger charge is -2.25. The van der Waals surface area contributed by atoms with Gasteiger partial charge in [0.2, 0.25) is 0 Å².